The van der Waals surface area contributed by atoms with Crippen LogP contribution in [-0.4, -0.2) is 60.4 Å². The minimum absolute atomic E-state index is 0.151. The molecule has 26 heavy (non-hydrogen) atoms. The van der Waals surface area contributed by atoms with Gasteiger partial charge in [-0.15, -0.1) is 21.5 Å². The highest BCUT2D eigenvalue weighted by molar-refractivity contribution is 7.21. The van der Waals surface area contributed by atoms with Crippen LogP contribution in [0.15, 0.2) is 30.3 Å². The van der Waals surface area contributed by atoms with Crippen LogP contribution >= 0.6 is 22.7 Å². The highest BCUT2D eigenvalue weighted by Crippen LogP contribution is 2.27. The molecule has 1 saturated heterocycles. The van der Waals surface area contributed by atoms with Crippen molar-refractivity contribution in [2.24, 2.45) is 0 Å². The molecule has 136 valence electrons. The van der Waals surface area contributed by atoms with E-state index in [1.165, 1.54) is 22.7 Å². The van der Waals surface area contributed by atoms with Crippen LogP contribution in [0.25, 0.3) is 10.1 Å². The first-order valence-electron chi connectivity index (χ1n) is 8.45. The lowest BCUT2D eigenvalue weighted by Crippen LogP contribution is -2.38. The van der Waals surface area contributed by atoms with Gasteiger partial charge in [-0.05, 0) is 17.5 Å². The van der Waals surface area contributed by atoms with Crippen molar-refractivity contribution in [1.29, 1.82) is 0 Å². The fourth-order valence-electron chi connectivity index (χ4n) is 2.74. The number of hydrogen-bond acceptors (Lipinski definition) is 8. The highest BCUT2D eigenvalue weighted by Gasteiger charge is 2.14. The number of nitrogens with one attached hydrogen (secondary N) is 2. The van der Waals surface area contributed by atoms with Crippen molar-refractivity contribution in [3.63, 3.8) is 0 Å². The summed E-state index contributed by atoms with van der Waals surface area (Å²) in [5, 5.41) is 16.5. The molecule has 4 rings (SSSR count). The SMILES string of the molecule is O=C(Nc1nnc(NCCN2CCOCC2)s1)c1cc2ccccc2s1. The Morgan fingerprint density at radius 2 is 1.96 bits per heavy atom. The van der Waals surface area contributed by atoms with Gasteiger partial charge >= 0.3 is 0 Å². The molecule has 0 unspecified atom stereocenters. The Labute approximate surface area is 159 Å². The third-order valence-corrected chi connectivity index (χ3v) is 6.01. The van der Waals surface area contributed by atoms with Crippen LogP contribution in [0.4, 0.5) is 10.3 Å². The van der Waals surface area contributed by atoms with Crippen LogP contribution in [-0.2, 0) is 4.74 Å². The second-order valence-corrected chi connectivity index (χ2v) is 7.96. The summed E-state index contributed by atoms with van der Waals surface area (Å²) in [6, 6.07) is 9.86. The minimum atomic E-state index is -0.151. The fraction of sp³-hybridized carbons (Fsp3) is 0.353. The van der Waals surface area contributed by atoms with Gasteiger partial charge in [0.05, 0.1) is 18.1 Å². The number of morpholine rings is 1. The molecule has 0 spiro atoms. The van der Waals surface area contributed by atoms with Gasteiger partial charge in [0.15, 0.2) is 0 Å². The van der Waals surface area contributed by atoms with Gasteiger partial charge in [0.2, 0.25) is 10.3 Å². The Morgan fingerprint density at radius 3 is 2.81 bits per heavy atom. The third kappa shape index (κ3) is 4.18. The first-order chi connectivity index (χ1) is 12.8. The van der Waals surface area contributed by atoms with E-state index in [4.69, 9.17) is 4.74 Å². The Balaban J connectivity index is 1.30. The molecule has 7 nitrogen and oxygen atoms in total. The lowest BCUT2D eigenvalue weighted by Gasteiger charge is -2.26. The number of fused-ring (bicyclic) bond motifs is 1. The Hall–Kier alpha value is -2.07. The number of rotatable bonds is 6. The third-order valence-electron chi connectivity index (χ3n) is 4.10. The van der Waals surface area contributed by atoms with Crippen molar-refractivity contribution in [2.45, 2.75) is 0 Å². The number of ether oxygens (including phenoxy) is 1. The molecular weight excluding hydrogens is 370 g/mol. The number of carbonyl (C=O) groups excluding carboxylic acids is 1. The van der Waals surface area contributed by atoms with Crippen molar-refractivity contribution in [3.8, 4) is 0 Å². The molecule has 1 aliphatic rings. The molecule has 3 aromatic rings. The Kier molecular flexibility index (Phi) is 5.40. The molecular formula is C17H19N5O2S2. The second kappa shape index (κ2) is 8.09. The maximum atomic E-state index is 12.4. The molecule has 0 bridgehead atoms. The number of aromatic nitrogens is 2. The van der Waals surface area contributed by atoms with Crippen molar-refractivity contribution in [1.82, 2.24) is 15.1 Å². The van der Waals surface area contributed by atoms with E-state index in [9.17, 15) is 4.79 Å². The van der Waals surface area contributed by atoms with E-state index in [0.717, 1.165) is 49.5 Å². The van der Waals surface area contributed by atoms with E-state index in [-0.39, 0.29) is 5.91 Å². The normalized spacial score (nSPS) is 15.2. The first-order valence-corrected chi connectivity index (χ1v) is 10.1. The molecule has 1 fully saturated rings. The Bertz CT molecular complexity index is 855. The number of anilines is 2. The van der Waals surface area contributed by atoms with Gasteiger partial charge in [-0.25, -0.2) is 0 Å². The van der Waals surface area contributed by atoms with Crippen LogP contribution < -0.4 is 10.6 Å². The zero-order chi connectivity index (χ0) is 17.8. The number of nitrogens with zero attached hydrogens (tertiary/aromatic N) is 3. The van der Waals surface area contributed by atoms with E-state index < -0.39 is 0 Å². The average molecular weight is 390 g/mol. The molecule has 0 saturated carbocycles. The predicted molar refractivity (Wildman–Crippen MR) is 105 cm³/mol. The lowest BCUT2D eigenvalue weighted by molar-refractivity contribution is 0.0398. The topological polar surface area (TPSA) is 79.4 Å². The summed E-state index contributed by atoms with van der Waals surface area (Å²) in [6.45, 7) is 5.26. The maximum Gasteiger partial charge on any atom is 0.267 e. The van der Waals surface area contributed by atoms with Crippen LogP contribution in [0.2, 0.25) is 0 Å². The number of thiophene rings is 1. The van der Waals surface area contributed by atoms with Crippen molar-refractivity contribution in [2.75, 3.05) is 50.0 Å². The van der Waals surface area contributed by atoms with Crippen molar-refractivity contribution < 1.29 is 9.53 Å². The van der Waals surface area contributed by atoms with Crippen LogP contribution in [0, 0.1) is 0 Å². The molecule has 1 aromatic carbocycles. The predicted octanol–water partition coefficient (Wildman–Crippen LogP) is 2.75. The molecule has 2 aromatic heterocycles. The van der Waals surface area contributed by atoms with E-state index in [0.29, 0.717) is 15.1 Å². The van der Waals surface area contributed by atoms with Gasteiger partial charge in [0, 0.05) is 30.9 Å². The van der Waals surface area contributed by atoms with Crippen LogP contribution in [0.1, 0.15) is 9.67 Å². The largest absolute Gasteiger partial charge is 0.379 e. The zero-order valence-electron chi connectivity index (χ0n) is 14.1. The molecule has 3 heterocycles. The standard InChI is InChI=1S/C17H19N5O2S2/c23-15(14-11-12-3-1-2-4-13(12)25-14)19-17-21-20-16(26-17)18-5-6-22-7-9-24-10-8-22/h1-4,11H,5-10H2,(H,18,20)(H,19,21,23). The minimum Gasteiger partial charge on any atom is -0.379 e. The number of benzene rings is 1. The van der Waals surface area contributed by atoms with Gasteiger partial charge < -0.3 is 10.1 Å². The van der Waals surface area contributed by atoms with Gasteiger partial charge in [0.1, 0.15) is 0 Å². The van der Waals surface area contributed by atoms with Crippen LogP contribution in [0.5, 0.6) is 0 Å². The second-order valence-electron chi connectivity index (χ2n) is 5.90. The fourth-order valence-corrected chi connectivity index (χ4v) is 4.37. The monoisotopic (exact) mass is 389 g/mol. The number of hydrogen-bond donors (Lipinski definition) is 2. The van der Waals surface area contributed by atoms with E-state index in [1.54, 1.807) is 0 Å². The zero-order valence-corrected chi connectivity index (χ0v) is 15.7. The smallest absolute Gasteiger partial charge is 0.267 e. The average Bonchev–Trinajstić information content (AvgIpc) is 3.29. The van der Waals surface area contributed by atoms with E-state index in [1.807, 2.05) is 30.3 Å². The molecule has 1 amide bonds. The summed E-state index contributed by atoms with van der Waals surface area (Å²) < 4.78 is 6.44. The lowest BCUT2D eigenvalue weighted by atomic mass is 10.2. The van der Waals surface area contributed by atoms with Gasteiger partial charge in [-0.1, -0.05) is 29.5 Å². The van der Waals surface area contributed by atoms with Gasteiger partial charge in [-0.3, -0.25) is 15.0 Å². The van der Waals surface area contributed by atoms with Crippen molar-refractivity contribution >= 4 is 48.9 Å². The first kappa shape index (κ1) is 17.3. The summed E-state index contributed by atoms with van der Waals surface area (Å²) in [5.41, 5.74) is 0. The van der Waals surface area contributed by atoms with E-state index >= 15 is 0 Å². The quantitative estimate of drug-likeness (QED) is 0.675. The summed E-state index contributed by atoms with van der Waals surface area (Å²) in [7, 11) is 0. The summed E-state index contributed by atoms with van der Waals surface area (Å²) in [4.78, 5) is 15.4. The Morgan fingerprint density at radius 1 is 1.15 bits per heavy atom. The number of amides is 1. The highest BCUT2D eigenvalue weighted by atomic mass is 32.1. The summed E-state index contributed by atoms with van der Waals surface area (Å²) in [6.07, 6.45) is 0. The molecule has 2 N–H and O–H groups in total. The maximum absolute atomic E-state index is 12.4. The van der Waals surface area contributed by atoms with E-state index in [2.05, 4.69) is 25.7 Å². The summed E-state index contributed by atoms with van der Waals surface area (Å²) in [5.74, 6) is -0.151. The molecule has 9 heteroatoms. The molecule has 0 radical (unpaired) electrons. The number of carbonyl (C=O) groups is 1. The summed E-state index contributed by atoms with van der Waals surface area (Å²) >= 11 is 2.82. The molecule has 0 atom stereocenters. The van der Waals surface area contributed by atoms with Crippen molar-refractivity contribution in [3.05, 3.63) is 35.2 Å². The van der Waals surface area contributed by atoms with Gasteiger partial charge in [0.25, 0.3) is 5.91 Å². The van der Waals surface area contributed by atoms with Gasteiger partial charge in [-0.2, -0.15) is 0 Å². The molecule has 1 aliphatic heterocycles. The van der Waals surface area contributed by atoms with Crippen LogP contribution in [0.3, 0.4) is 0 Å². The molecule has 0 aliphatic carbocycles.